The molecule has 7 heteroatoms. The highest BCUT2D eigenvalue weighted by molar-refractivity contribution is 5.81. The van der Waals surface area contributed by atoms with Gasteiger partial charge in [0.1, 0.15) is 11.9 Å². The molecule has 2 aliphatic heterocycles. The van der Waals surface area contributed by atoms with Gasteiger partial charge >= 0.3 is 0 Å². The Labute approximate surface area is 157 Å². The van der Waals surface area contributed by atoms with Gasteiger partial charge in [0.25, 0.3) is 5.91 Å². The van der Waals surface area contributed by atoms with Crippen LogP contribution in [0.5, 0.6) is 0 Å². The number of likely N-dealkylation sites (tertiary alicyclic amines) is 1. The smallest absolute Gasteiger partial charge is 0.251 e. The summed E-state index contributed by atoms with van der Waals surface area (Å²) in [5.41, 5.74) is 2.88. The zero-order valence-corrected chi connectivity index (χ0v) is 15.6. The Morgan fingerprint density at radius 2 is 2.15 bits per heavy atom. The molecule has 2 saturated heterocycles. The van der Waals surface area contributed by atoms with E-state index in [2.05, 4.69) is 21.3 Å². The first-order chi connectivity index (χ1) is 13.2. The molecule has 3 atom stereocenters. The fourth-order valence-corrected chi connectivity index (χ4v) is 4.51. The van der Waals surface area contributed by atoms with E-state index in [9.17, 15) is 4.79 Å². The largest absolute Gasteiger partial charge is 0.368 e. The van der Waals surface area contributed by atoms with E-state index in [0.29, 0.717) is 19.1 Å². The Hall–Kier alpha value is -2.41. The quantitative estimate of drug-likeness (QED) is 0.756. The second-order valence-corrected chi connectivity index (χ2v) is 7.86. The van der Waals surface area contributed by atoms with Crippen LogP contribution in [0.2, 0.25) is 0 Å². The second kappa shape index (κ2) is 6.64. The van der Waals surface area contributed by atoms with Crippen LogP contribution in [-0.2, 0) is 9.53 Å². The average Bonchev–Trinajstić information content (AvgIpc) is 3.35. The van der Waals surface area contributed by atoms with Gasteiger partial charge in [-0.2, -0.15) is 0 Å². The van der Waals surface area contributed by atoms with Gasteiger partial charge in [-0.3, -0.25) is 9.20 Å². The fraction of sp³-hybridized carbons (Fsp3) is 0.550. The molecule has 1 N–H and O–H groups in total. The molecule has 0 bridgehead atoms. The van der Waals surface area contributed by atoms with Gasteiger partial charge in [-0.1, -0.05) is 6.92 Å². The van der Waals surface area contributed by atoms with Crippen LogP contribution in [0.4, 0.5) is 0 Å². The summed E-state index contributed by atoms with van der Waals surface area (Å²) in [6.45, 7) is 4.47. The second-order valence-electron chi connectivity index (χ2n) is 7.86. The van der Waals surface area contributed by atoms with Crippen molar-refractivity contribution in [3.8, 4) is 0 Å². The van der Waals surface area contributed by atoms with Crippen LogP contribution in [0.25, 0.3) is 16.7 Å². The van der Waals surface area contributed by atoms with Gasteiger partial charge in [0.15, 0.2) is 5.65 Å². The van der Waals surface area contributed by atoms with Crippen LogP contribution < -0.4 is 0 Å². The average molecular weight is 367 g/mol. The SMILES string of the molecule is C[C@@H]1CCN(C(=O)C2CCCCO2)C[C@@H]1c1ncc2cnc3[nH]ccc3n12. The standard InChI is InChI=1S/C20H25N5O2/c1-13-6-8-24(20(26)17-4-2-3-9-27-17)12-15(13)19-23-11-14-10-22-18-16(25(14)19)5-7-21-18/h5,7,10-11,13,15,17,21H,2-4,6,8-9,12H2,1H3/t13-,15+,17?/m1/s1. The van der Waals surface area contributed by atoms with Crippen molar-refractivity contribution in [3.63, 3.8) is 0 Å². The van der Waals surface area contributed by atoms with E-state index in [-0.39, 0.29) is 17.9 Å². The van der Waals surface area contributed by atoms with Crippen molar-refractivity contribution in [3.05, 3.63) is 30.5 Å². The zero-order chi connectivity index (χ0) is 18.4. The summed E-state index contributed by atoms with van der Waals surface area (Å²) in [5, 5.41) is 0. The van der Waals surface area contributed by atoms with Crippen molar-refractivity contribution in [2.75, 3.05) is 19.7 Å². The van der Waals surface area contributed by atoms with E-state index in [4.69, 9.17) is 9.72 Å². The van der Waals surface area contributed by atoms with Crippen LogP contribution in [0.3, 0.4) is 0 Å². The number of aromatic nitrogens is 4. The van der Waals surface area contributed by atoms with Gasteiger partial charge in [-0.25, -0.2) is 9.97 Å². The third-order valence-electron chi connectivity index (χ3n) is 6.14. The molecule has 0 aliphatic carbocycles. The Bertz CT molecular complexity index is 971. The topological polar surface area (TPSA) is 75.5 Å². The van der Waals surface area contributed by atoms with Crippen LogP contribution in [0.1, 0.15) is 44.3 Å². The number of amides is 1. The molecule has 7 nitrogen and oxygen atoms in total. The minimum atomic E-state index is -0.259. The highest BCUT2D eigenvalue weighted by Crippen LogP contribution is 2.33. The van der Waals surface area contributed by atoms with Gasteiger partial charge in [-0.05, 0) is 37.7 Å². The van der Waals surface area contributed by atoms with Crippen molar-refractivity contribution in [1.82, 2.24) is 24.3 Å². The van der Waals surface area contributed by atoms with Gasteiger partial charge in [0.05, 0.1) is 23.4 Å². The van der Waals surface area contributed by atoms with E-state index >= 15 is 0 Å². The molecule has 3 aromatic heterocycles. The number of aromatic amines is 1. The van der Waals surface area contributed by atoms with Gasteiger partial charge in [-0.15, -0.1) is 0 Å². The number of nitrogens with zero attached hydrogens (tertiary/aromatic N) is 4. The molecule has 3 aromatic rings. The molecular formula is C20H25N5O2. The predicted octanol–water partition coefficient (Wildman–Crippen LogP) is 2.73. The van der Waals surface area contributed by atoms with Crippen LogP contribution >= 0.6 is 0 Å². The fourth-order valence-electron chi connectivity index (χ4n) is 4.51. The number of carbonyl (C=O) groups excluding carboxylic acids is 1. The van der Waals surface area contributed by atoms with E-state index < -0.39 is 0 Å². The monoisotopic (exact) mass is 367 g/mol. The molecule has 142 valence electrons. The lowest BCUT2D eigenvalue weighted by atomic mass is 9.86. The van der Waals surface area contributed by atoms with Gasteiger partial charge < -0.3 is 14.6 Å². The molecule has 1 amide bonds. The normalized spacial score (nSPS) is 26.7. The van der Waals surface area contributed by atoms with E-state index in [1.807, 2.05) is 29.6 Å². The number of carbonyl (C=O) groups is 1. The van der Waals surface area contributed by atoms with Crippen molar-refractivity contribution in [2.24, 2.45) is 5.92 Å². The third-order valence-corrected chi connectivity index (χ3v) is 6.14. The Morgan fingerprint density at radius 1 is 1.26 bits per heavy atom. The number of hydrogen-bond acceptors (Lipinski definition) is 4. The zero-order valence-electron chi connectivity index (χ0n) is 15.6. The highest BCUT2D eigenvalue weighted by atomic mass is 16.5. The number of nitrogens with one attached hydrogen (secondary N) is 1. The van der Waals surface area contributed by atoms with E-state index in [1.165, 1.54) is 0 Å². The number of piperidine rings is 1. The highest BCUT2D eigenvalue weighted by Gasteiger charge is 2.35. The van der Waals surface area contributed by atoms with Gasteiger partial charge in [0.2, 0.25) is 0 Å². The van der Waals surface area contributed by atoms with Crippen molar-refractivity contribution >= 4 is 22.6 Å². The molecule has 5 rings (SSSR count). The maximum atomic E-state index is 13.0. The number of hydrogen-bond donors (Lipinski definition) is 1. The van der Waals surface area contributed by atoms with Crippen molar-refractivity contribution < 1.29 is 9.53 Å². The lowest BCUT2D eigenvalue weighted by Crippen LogP contribution is -2.48. The summed E-state index contributed by atoms with van der Waals surface area (Å²) in [4.78, 5) is 27.3. The summed E-state index contributed by atoms with van der Waals surface area (Å²) in [6, 6.07) is 2.03. The number of imidazole rings is 1. The molecule has 0 spiro atoms. The first kappa shape index (κ1) is 16.7. The molecule has 2 fully saturated rings. The Balaban J connectivity index is 1.47. The van der Waals surface area contributed by atoms with Crippen LogP contribution in [0.15, 0.2) is 24.7 Å². The first-order valence-electron chi connectivity index (χ1n) is 9.92. The number of ether oxygens (including phenoxy) is 1. The number of H-pyrrole nitrogens is 1. The summed E-state index contributed by atoms with van der Waals surface area (Å²) in [7, 11) is 0. The van der Waals surface area contributed by atoms with E-state index in [0.717, 1.165) is 54.7 Å². The molecule has 1 unspecified atom stereocenters. The predicted molar refractivity (Wildman–Crippen MR) is 102 cm³/mol. The molecule has 2 aliphatic rings. The summed E-state index contributed by atoms with van der Waals surface area (Å²) < 4.78 is 7.92. The minimum absolute atomic E-state index is 0.154. The summed E-state index contributed by atoms with van der Waals surface area (Å²) >= 11 is 0. The minimum Gasteiger partial charge on any atom is -0.368 e. The Morgan fingerprint density at radius 3 is 3.00 bits per heavy atom. The Kier molecular flexibility index (Phi) is 4.11. The molecule has 0 aromatic carbocycles. The van der Waals surface area contributed by atoms with Gasteiger partial charge in [0, 0.05) is 31.8 Å². The summed E-state index contributed by atoms with van der Waals surface area (Å²) in [6.07, 6.45) is 9.34. The van der Waals surface area contributed by atoms with Crippen LogP contribution in [-0.4, -0.2) is 56.0 Å². The van der Waals surface area contributed by atoms with Crippen molar-refractivity contribution in [2.45, 2.75) is 44.6 Å². The molecule has 5 heterocycles. The van der Waals surface area contributed by atoms with Crippen molar-refractivity contribution in [1.29, 1.82) is 0 Å². The molecule has 27 heavy (non-hydrogen) atoms. The maximum Gasteiger partial charge on any atom is 0.251 e. The lowest BCUT2D eigenvalue weighted by Gasteiger charge is -2.38. The maximum absolute atomic E-state index is 13.0. The number of rotatable bonds is 2. The number of fused-ring (bicyclic) bond motifs is 3. The molecular weight excluding hydrogens is 342 g/mol. The third kappa shape index (κ3) is 2.81. The van der Waals surface area contributed by atoms with Crippen LogP contribution in [0, 0.1) is 5.92 Å². The summed E-state index contributed by atoms with van der Waals surface area (Å²) in [5.74, 6) is 1.84. The first-order valence-corrected chi connectivity index (χ1v) is 9.92. The molecule has 0 radical (unpaired) electrons. The lowest BCUT2D eigenvalue weighted by molar-refractivity contribution is -0.148. The molecule has 0 saturated carbocycles. The van der Waals surface area contributed by atoms with E-state index in [1.54, 1.807) is 0 Å².